The average Bonchev–Trinajstić information content (AvgIpc) is 2.06. The highest BCUT2D eigenvalue weighted by atomic mass is 35.5. The lowest BCUT2D eigenvalue weighted by molar-refractivity contribution is 0.0695. The minimum Gasteiger partial charge on any atom is -0.478 e. The number of carbonyl (C=O) groups is 1. The Morgan fingerprint density at radius 2 is 2.13 bits per heavy atom. The van der Waals surface area contributed by atoms with Crippen molar-refractivity contribution in [1.29, 1.82) is 0 Å². The van der Waals surface area contributed by atoms with Crippen molar-refractivity contribution in [2.24, 2.45) is 0 Å². The van der Waals surface area contributed by atoms with Gasteiger partial charge in [-0.3, -0.25) is 0 Å². The number of carboxylic acid groups (broad SMARTS) is 1. The highest BCUT2D eigenvalue weighted by molar-refractivity contribution is 7.90. The Balaban J connectivity index is 3.52. The monoisotopic (exact) mass is 253 g/mol. The summed E-state index contributed by atoms with van der Waals surface area (Å²) in [6.07, 6.45) is 0.745. The predicted octanol–water partition coefficient (Wildman–Crippen LogP) is 0.976. The van der Waals surface area contributed by atoms with Gasteiger partial charge in [-0.1, -0.05) is 11.6 Å². The summed E-state index contributed by atoms with van der Waals surface area (Å²) < 4.78 is 35.1. The van der Waals surface area contributed by atoms with Crippen LogP contribution in [0.5, 0.6) is 0 Å². The molecule has 1 aromatic rings. The smallest absolute Gasteiger partial charge is 0.338 e. The topological polar surface area (TPSA) is 84.3 Å². The lowest BCUT2D eigenvalue weighted by Crippen LogP contribution is -2.08. The lowest BCUT2D eigenvalue weighted by Gasteiger charge is -2.02. The maximum atomic E-state index is 13.1. The van der Waals surface area contributed by atoms with E-state index in [-0.39, 0.29) is 0 Å². The third kappa shape index (κ3) is 2.42. The van der Waals surface area contributed by atoms with Gasteiger partial charge in [0.25, 0.3) is 0 Å². The van der Waals surface area contributed by atoms with Crippen LogP contribution in [0.4, 0.5) is 4.39 Å². The van der Waals surface area contributed by atoms with E-state index in [1.165, 1.54) is 0 Å². The van der Waals surface area contributed by atoms with Gasteiger partial charge in [-0.05, 0) is 6.07 Å². The van der Waals surface area contributed by atoms with Crippen LogP contribution in [-0.2, 0) is 9.84 Å². The SMILES string of the molecule is CS(=O)(=O)c1nc(Cl)c(C(=O)O)cc1F. The summed E-state index contributed by atoms with van der Waals surface area (Å²) in [7, 11) is -3.86. The summed E-state index contributed by atoms with van der Waals surface area (Å²) in [5, 5.41) is 7.11. The van der Waals surface area contributed by atoms with E-state index in [1.54, 1.807) is 0 Å². The Morgan fingerprint density at radius 3 is 2.53 bits per heavy atom. The first-order chi connectivity index (χ1) is 6.73. The van der Waals surface area contributed by atoms with Crippen LogP contribution in [0.15, 0.2) is 11.1 Å². The summed E-state index contributed by atoms with van der Waals surface area (Å²) in [6.45, 7) is 0. The second-order valence-corrected chi connectivity index (χ2v) is 4.98. The second kappa shape index (κ2) is 3.74. The fraction of sp³-hybridized carbons (Fsp3) is 0.143. The molecule has 0 aliphatic heterocycles. The number of pyridine rings is 1. The van der Waals surface area contributed by atoms with Crippen LogP contribution in [0.3, 0.4) is 0 Å². The molecule has 0 saturated heterocycles. The van der Waals surface area contributed by atoms with E-state index in [9.17, 15) is 17.6 Å². The van der Waals surface area contributed by atoms with Crippen molar-refractivity contribution in [2.75, 3.05) is 6.26 Å². The number of aromatic nitrogens is 1. The van der Waals surface area contributed by atoms with Crippen LogP contribution in [0.2, 0.25) is 5.15 Å². The van der Waals surface area contributed by atoms with Gasteiger partial charge in [0, 0.05) is 6.26 Å². The number of aromatic carboxylic acids is 1. The van der Waals surface area contributed by atoms with Crippen LogP contribution in [0, 0.1) is 5.82 Å². The average molecular weight is 254 g/mol. The molecule has 0 atom stereocenters. The molecule has 5 nitrogen and oxygen atoms in total. The molecule has 1 rings (SSSR count). The number of hydrogen-bond donors (Lipinski definition) is 1. The standard InChI is InChI=1S/C7H5ClFNO4S/c1-15(13,14)6-4(9)2-3(7(11)12)5(8)10-6/h2H,1H3,(H,11,12). The molecule has 1 heterocycles. The molecule has 0 aliphatic rings. The molecule has 0 aromatic carbocycles. The maximum Gasteiger partial charge on any atom is 0.338 e. The Kier molecular flexibility index (Phi) is 2.96. The Hall–Kier alpha value is -1.21. The number of halogens is 2. The molecule has 0 spiro atoms. The van der Waals surface area contributed by atoms with Crippen molar-refractivity contribution >= 4 is 27.4 Å². The fourth-order valence-electron chi connectivity index (χ4n) is 0.861. The van der Waals surface area contributed by atoms with Gasteiger partial charge in [0.2, 0.25) is 0 Å². The molecule has 0 fully saturated rings. The number of hydrogen-bond acceptors (Lipinski definition) is 4. The van der Waals surface area contributed by atoms with Crippen LogP contribution in [-0.4, -0.2) is 30.7 Å². The van der Waals surface area contributed by atoms with E-state index >= 15 is 0 Å². The number of nitrogens with zero attached hydrogens (tertiary/aromatic N) is 1. The molecule has 0 aliphatic carbocycles. The summed E-state index contributed by atoms with van der Waals surface area (Å²) in [5.41, 5.74) is -0.582. The van der Waals surface area contributed by atoms with Gasteiger partial charge in [-0.15, -0.1) is 0 Å². The lowest BCUT2D eigenvalue weighted by atomic mass is 10.3. The van der Waals surface area contributed by atoms with Gasteiger partial charge >= 0.3 is 5.97 Å². The fourth-order valence-corrected chi connectivity index (χ4v) is 1.80. The molecular formula is C7H5ClFNO4S. The van der Waals surface area contributed by atoms with Crippen LogP contribution < -0.4 is 0 Å². The van der Waals surface area contributed by atoms with Gasteiger partial charge in [0.15, 0.2) is 20.7 Å². The van der Waals surface area contributed by atoms with Crippen molar-refractivity contribution in [3.05, 3.63) is 22.6 Å². The zero-order valence-electron chi connectivity index (χ0n) is 7.36. The van der Waals surface area contributed by atoms with Gasteiger partial charge in [-0.25, -0.2) is 22.6 Å². The maximum absolute atomic E-state index is 13.1. The van der Waals surface area contributed by atoms with Crippen molar-refractivity contribution in [1.82, 2.24) is 4.98 Å². The normalized spacial score (nSPS) is 11.4. The molecule has 0 saturated carbocycles. The molecule has 82 valence electrons. The number of rotatable bonds is 2. The Labute approximate surface area is 89.4 Å². The first-order valence-corrected chi connectivity index (χ1v) is 5.80. The van der Waals surface area contributed by atoms with Gasteiger partial charge < -0.3 is 5.11 Å². The highest BCUT2D eigenvalue weighted by Crippen LogP contribution is 2.20. The molecule has 15 heavy (non-hydrogen) atoms. The highest BCUT2D eigenvalue weighted by Gasteiger charge is 2.21. The van der Waals surface area contributed by atoms with E-state index < -0.39 is 37.4 Å². The van der Waals surface area contributed by atoms with Crippen molar-refractivity contribution in [2.45, 2.75) is 5.03 Å². The Morgan fingerprint density at radius 1 is 1.60 bits per heavy atom. The molecule has 0 bridgehead atoms. The van der Waals surface area contributed by atoms with E-state index in [0.717, 1.165) is 6.26 Å². The summed E-state index contributed by atoms with van der Waals surface area (Å²) in [4.78, 5) is 13.7. The van der Waals surface area contributed by atoms with Crippen molar-refractivity contribution < 1.29 is 22.7 Å². The van der Waals surface area contributed by atoms with E-state index in [4.69, 9.17) is 16.7 Å². The largest absolute Gasteiger partial charge is 0.478 e. The first kappa shape index (κ1) is 11.9. The van der Waals surface area contributed by atoms with Crippen LogP contribution in [0.25, 0.3) is 0 Å². The first-order valence-electron chi connectivity index (χ1n) is 3.53. The van der Waals surface area contributed by atoms with Crippen LogP contribution >= 0.6 is 11.6 Å². The van der Waals surface area contributed by atoms with Gasteiger partial charge in [0.1, 0.15) is 5.15 Å². The zero-order valence-corrected chi connectivity index (χ0v) is 8.93. The third-order valence-electron chi connectivity index (χ3n) is 1.48. The molecular weight excluding hydrogens is 249 g/mol. The third-order valence-corrected chi connectivity index (χ3v) is 2.76. The Bertz CT molecular complexity index is 528. The molecule has 1 aromatic heterocycles. The molecule has 1 N–H and O–H groups in total. The molecule has 8 heteroatoms. The molecule has 0 radical (unpaired) electrons. The quantitative estimate of drug-likeness (QED) is 0.794. The van der Waals surface area contributed by atoms with Crippen molar-refractivity contribution in [3.63, 3.8) is 0 Å². The van der Waals surface area contributed by atoms with Crippen molar-refractivity contribution in [3.8, 4) is 0 Å². The minimum atomic E-state index is -3.86. The number of sulfone groups is 1. The minimum absolute atomic E-state index is 0.522. The molecule has 0 amide bonds. The zero-order chi connectivity index (χ0) is 11.8. The van der Waals surface area contributed by atoms with E-state index in [0.29, 0.717) is 6.07 Å². The van der Waals surface area contributed by atoms with Gasteiger partial charge in [0.05, 0.1) is 5.56 Å². The second-order valence-electron chi connectivity index (χ2n) is 2.69. The molecule has 0 unspecified atom stereocenters. The van der Waals surface area contributed by atoms with Crippen LogP contribution in [0.1, 0.15) is 10.4 Å². The predicted molar refractivity (Wildman–Crippen MR) is 49.3 cm³/mol. The van der Waals surface area contributed by atoms with E-state index in [1.807, 2.05) is 0 Å². The summed E-state index contributed by atoms with van der Waals surface area (Å²) in [6, 6.07) is 0.522. The van der Waals surface area contributed by atoms with Gasteiger partial charge in [-0.2, -0.15) is 0 Å². The summed E-state index contributed by atoms with van der Waals surface area (Å²) in [5.74, 6) is -2.72. The number of carboxylic acids is 1. The van der Waals surface area contributed by atoms with E-state index in [2.05, 4.69) is 4.98 Å². The summed E-state index contributed by atoms with van der Waals surface area (Å²) >= 11 is 5.38.